The van der Waals surface area contributed by atoms with E-state index in [9.17, 15) is 4.79 Å². The first-order chi connectivity index (χ1) is 11.6. The molecule has 1 heterocycles. The van der Waals surface area contributed by atoms with Gasteiger partial charge in [-0.15, -0.1) is 11.8 Å². The van der Waals surface area contributed by atoms with Crippen molar-refractivity contribution in [3.8, 4) is 0 Å². The summed E-state index contributed by atoms with van der Waals surface area (Å²) in [5.74, 6) is 0.924. The van der Waals surface area contributed by atoms with Gasteiger partial charge in [0.15, 0.2) is 0 Å². The number of aryl methyl sites for hydroxylation is 2. The fourth-order valence-electron chi connectivity index (χ4n) is 2.81. The summed E-state index contributed by atoms with van der Waals surface area (Å²) in [7, 11) is 0. The van der Waals surface area contributed by atoms with Crippen molar-refractivity contribution in [3.63, 3.8) is 0 Å². The summed E-state index contributed by atoms with van der Waals surface area (Å²) < 4.78 is 0. The van der Waals surface area contributed by atoms with Gasteiger partial charge >= 0.3 is 0 Å². The van der Waals surface area contributed by atoms with Gasteiger partial charge in [0.2, 0.25) is 5.91 Å². The summed E-state index contributed by atoms with van der Waals surface area (Å²) in [5, 5.41) is 6.36. The maximum absolute atomic E-state index is 12.0. The van der Waals surface area contributed by atoms with Gasteiger partial charge in [-0.1, -0.05) is 24.3 Å². The van der Waals surface area contributed by atoms with Crippen molar-refractivity contribution >= 4 is 17.7 Å². The lowest BCUT2D eigenvalue weighted by Gasteiger charge is -2.08. The number of hydrogen-bond donors (Lipinski definition) is 2. The number of fused-ring (bicyclic) bond motifs is 1. The summed E-state index contributed by atoms with van der Waals surface area (Å²) in [6.07, 6.45) is 0.546. The van der Waals surface area contributed by atoms with Gasteiger partial charge < -0.3 is 10.6 Å². The number of amides is 1. The number of thioether (sulfide) groups is 1. The molecule has 0 spiro atoms. The molecule has 0 bridgehead atoms. The van der Waals surface area contributed by atoms with Crippen molar-refractivity contribution in [2.45, 2.75) is 44.8 Å². The Labute approximate surface area is 148 Å². The number of benzene rings is 2. The monoisotopic (exact) mass is 340 g/mol. The summed E-state index contributed by atoms with van der Waals surface area (Å²) >= 11 is 1.74. The zero-order valence-corrected chi connectivity index (χ0v) is 15.1. The van der Waals surface area contributed by atoms with Crippen LogP contribution in [0.5, 0.6) is 0 Å². The van der Waals surface area contributed by atoms with Crippen LogP contribution in [-0.4, -0.2) is 11.7 Å². The van der Waals surface area contributed by atoms with Crippen LogP contribution in [-0.2, 0) is 24.4 Å². The van der Waals surface area contributed by atoms with Gasteiger partial charge in [-0.25, -0.2) is 0 Å². The van der Waals surface area contributed by atoms with Gasteiger partial charge in [0.1, 0.15) is 0 Å². The molecule has 2 aromatic carbocycles. The highest BCUT2D eigenvalue weighted by atomic mass is 32.2. The standard InChI is InChI=1S/C20H24N2OS/c1-14-3-6-19(9-15(14)2)24-8-7-20(23)22-11-16-4-5-17-12-21-13-18(17)10-16/h3-6,9-10,21H,7-8,11-13H2,1-2H3,(H,22,23). The molecule has 4 heteroatoms. The average Bonchev–Trinajstić information content (AvgIpc) is 3.04. The number of nitrogens with one attached hydrogen (secondary N) is 2. The summed E-state index contributed by atoms with van der Waals surface area (Å²) in [4.78, 5) is 13.3. The van der Waals surface area contributed by atoms with E-state index in [0.29, 0.717) is 13.0 Å². The van der Waals surface area contributed by atoms with E-state index in [0.717, 1.165) is 18.8 Å². The first-order valence-corrected chi connectivity index (χ1v) is 9.38. The molecule has 3 nitrogen and oxygen atoms in total. The average molecular weight is 340 g/mol. The SMILES string of the molecule is Cc1ccc(SCCC(=O)NCc2ccc3c(c2)CNC3)cc1C. The highest BCUT2D eigenvalue weighted by Gasteiger charge is 2.10. The second kappa shape index (κ2) is 7.86. The lowest BCUT2D eigenvalue weighted by molar-refractivity contribution is -0.120. The summed E-state index contributed by atoms with van der Waals surface area (Å²) in [5.41, 5.74) is 6.51. The minimum atomic E-state index is 0.116. The van der Waals surface area contributed by atoms with Crippen LogP contribution >= 0.6 is 11.8 Å². The van der Waals surface area contributed by atoms with Gasteiger partial charge in [0, 0.05) is 36.7 Å². The molecule has 126 valence electrons. The fraction of sp³-hybridized carbons (Fsp3) is 0.350. The van der Waals surface area contributed by atoms with Crippen LogP contribution < -0.4 is 10.6 Å². The van der Waals surface area contributed by atoms with Crippen molar-refractivity contribution in [2.75, 3.05) is 5.75 Å². The second-order valence-electron chi connectivity index (χ2n) is 6.33. The van der Waals surface area contributed by atoms with Crippen molar-refractivity contribution in [1.29, 1.82) is 0 Å². The zero-order chi connectivity index (χ0) is 16.9. The highest BCUT2D eigenvalue weighted by molar-refractivity contribution is 7.99. The molecular formula is C20H24N2OS. The van der Waals surface area contributed by atoms with Crippen molar-refractivity contribution in [2.24, 2.45) is 0 Å². The van der Waals surface area contributed by atoms with Crippen LogP contribution in [0.15, 0.2) is 41.3 Å². The van der Waals surface area contributed by atoms with Crippen molar-refractivity contribution < 1.29 is 4.79 Å². The summed E-state index contributed by atoms with van der Waals surface area (Å²) in [6.45, 7) is 6.74. The molecule has 0 unspecified atom stereocenters. The van der Waals surface area contributed by atoms with Gasteiger partial charge in [-0.2, -0.15) is 0 Å². The molecule has 0 aliphatic carbocycles. The maximum atomic E-state index is 12.0. The lowest BCUT2D eigenvalue weighted by Crippen LogP contribution is -2.23. The topological polar surface area (TPSA) is 41.1 Å². The third-order valence-corrected chi connectivity index (χ3v) is 5.46. The molecule has 0 fully saturated rings. The van der Waals surface area contributed by atoms with E-state index in [1.54, 1.807) is 11.8 Å². The van der Waals surface area contributed by atoms with Gasteiger partial charge in [-0.3, -0.25) is 4.79 Å². The van der Waals surface area contributed by atoms with E-state index in [-0.39, 0.29) is 5.91 Å². The molecule has 0 aromatic heterocycles. The van der Waals surface area contributed by atoms with Gasteiger partial charge in [0.25, 0.3) is 0 Å². The number of rotatable bonds is 6. The predicted molar refractivity (Wildman–Crippen MR) is 100 cm³/mol. The van der Waals surface area contributed by atoms with Crippen LogP contribution in [0.4, 0.5) is 0 Å². The van der Waals surface area contributed by atoms with Crippen LogP contribution in [0.3, 0.4) is 0 Å². The normalized spacial score (nSPS) is 12.9. The second-order valence-corrected chi connectivity index (χ2v) is 7.50. The lowest BCUT2D eigenvalue weighted by atomic mass is 10.1. The minimum Gasteiger partial charge on any atom is -0.352 e. The van der Waals surface area contributed by atoms with E-state index >= 15 is 0 Å². The number of carbonyl (C=O) groups is 1. The van der Waals surface area contributed by atoms with Gasteiger partial charge in [0.05, 0.1) is 0 Å². The Bertz CT molecular complexity index is 742. The largest absolute Gasteiger partial charge is 0.352 e. The highest BCUT2D eigenvalue weighted by Crippen LogP contribution is 2.21. The van der Waals surface area contributed by atoms with Crippen LogP contribution in [0.25, 0.3) is 0 Å². The molecular weight excluding hydrogens is 316 g/mol. The maximum Gasteiger partial charge on any atom is 0.221 e. The zero-order valence-electron chi connectivity index (χ0n) is 14.3. The third kappa shape index (κ3) is 4.40. The number of carbonyl (C=O) groups excluding carboxylic acids is 1. The first-order valence-electron chi connectivity index (χ1n) is 8.40. The molecule has 0 atom stereocenters. The van der Waals surface area contributed by atoms with E-state index in [1.165, 1.54) is 32.7 Å². The van der Waals surface area contributed by atoms with Crippen LogP contribution in [0, 0.1) is 13.8 Å². The van der Waals surface area contributed by atoms with Gasteiger partial charge in [-0.05, 0) is 53.8 Å². The molecule has 0 saturated heterocycles. The molecule has 2 N–H and O–H groups in total. The van der Waals surface area contributed by atoms with E-state index in [1.807, 2.05) is 0 Å². The Hall–Kier alpha value is -1.78. The molecule has 0 saturated carbocycles. The molecule has 3 rings (SSSR count). The van der Waals surface area contributed by atoms with Crippen LogP contribution in [0.1, 0.15) is 34.2 Å². The van der Waals surface area contributed by atoms with Crippen molar-refractivity contribution in [1.82, 2.24) is 10.6 Å². The Balaban J connectivity index is 1.42. The minimum absolute atomic E-state index is 0.116. The Morgan fingerprint density at radius 2 is 1.92 bits per heavy atom. The Morgan fingerprint density at radius 1 is 1.08 bits per heavy atom. The van der Waals surface area contributed by atoms with E-state index in [4.69, 9.17) is 0 Å². The molecule has 1 amide bonds. The fourth-order valence-corrected chi connectivity index (χ4v) is 3.76. The molecule has 1 aliphatic heterocycles. The van der Waals surface area contributed by atoms with E-state index < -0.39 is 0 Å². The molecule has 0 radical (unpaired) electrons. The number of hydrogen-bond acceptors (Lipinski definition) is 3. The third-order valence-electron chi connectivity index (χ3n) is 4.47. The van der Waals surface area contributed by atoms with E-state index in [2.05, 4.69) is 60.9 Å². The molecule has 1 aliphatic rings. The smallest absolute Gasteiger partial charge is 0.221 e. The Morgan fingerprint density at radius 3 is 2.75 bits per heavy atom. The van der Waals surface area contributed by atoms with Crippen molar-refractivity contribution in [3.05, 3.63) is 64.2 Å². The van der Waals surface area contributed by atoms with Crippen LogP contribution in [0.2, 0.25) is 0 Å². The Kier molecular flexibility index (Phi) is 5.59. The molecule has 24 heavy (non-hydrogen) atoms. The summed E-state index contributed by atoms with van der Waals surface area (Å²) in [6, 6.07) is 12.9. The predicted octanol–water partition coefficient (Wildman–Crippen LogP) is 3.71. The molecule has 2 aromatic rings. The first kappa shape index (κ1) is 17.1. The quantitative estimate of drug-likeness (QED) is 0.788.